The number of ether oxygens (including phenoxy) is 1. The number of aromatic nitrogens is 5. The van der Waals surface area contributed by atoms with Crippen LogP contribution >= 0.6 is 0 Å². The van der Waals surface area contributed by atoms with Crippen LogP contribution in [0.1, 0.15) is 11.9 Å². The zero-order chi connectivity index (χ0) is 15.4. The third-order valence-corrected chi connectivity index (χ3v) is 3.80. The Balaban J connectivity index is 1.85. The summed E-state index contributed by atoms with van der Waals surface area (Å²) in [5.41, 5.74) is 0.758. The molecule has 3 aromatic heterocycles. The van der Waals surface area contributed by atoms with Gasteiger partial charge in [0.15, 0.2) is 11.3 Å². The number of hydrogen-bond donors (Lipinski definition) is 5. The van der Waals surface area contributed by atoms with Gasteiger partial charge in [-0.15, -0.1) is 0 Å². The van der Waals surface area contributed by atoms with Crippen LogP contribution in [0.5, 0.6) is 0 Å². The number of aromatic amines is 2. The maximum absolute atomic E-state index is 11.9. The Hall–Kier alpha value is -2.27. The van der Waals surface area contributed by atoms with Gasteiger partial charge in [-0.3, -0.25) is 4.98 Å². The molecule has 116 valence electrons. The molecule has 0 aromatic carbocycles. The number of H-pyrrole nitrogens is 2. The molecule has 3 aromatic rings. The van der Waals surface area contributed by atoms with E-state index in [9.17, 15) is 20.1 Å². The minimum Gasteiger partial charge on any atom is -0.388 e. The molecule has 22 heavy (non-hydrogen) atoms. The minimum atomic E-state index is -1.34. The number of imidazole rings is 2. The lowest BCUT2D eigenvalue weighted by Crippen LogP contribution is -2.49. The zero-order valence-corrected chi connectivity index (χ0v) is 11.2. The highest BCUT2D eigenvalue weighted by Crippen LogP contribution is 2.28. The molecule has 4 atom stereocenters. The molecule has 10 nitrogen and oxygen atoms in total. The monoisotopic (exact) mass is 307 g/mol. The molecule has 1 unspecified atom stereocenters. The standard InChI is InChI=1S/C12H13N5O5/c18-4-3-22-8(7(20)6(4)19)10-14-5-9(15-10)16-12(21)17-2-1-13-11(5)17/h1-2,4,6-8,18-20H,3H2,(H,14,15)(H,16,21)/t4-,6-,7+,8?/m1/s1. The third kappa shape index (κ3) is 1.78. The van der Waals surface area contributed by atoms with Gasteiger partial charge in [0.25, 0.3) is 0 Å². The van der Waals surface area contributed by atoms with Gasteiger partial charge in [-0.1, -0.05) is 0 Å². The van der Waals surface area contributed by atoms with E-state index >= 15 is 0 Å². The van der Waals surface area contributed by atoms with Crippen LogP contribution in [-0.4, -0.2) is 64.6 Å². The van der Waals surface area contributed by atoms with Gasteiger partial charge < -0.3 is 25.0 Å². The summed E-state index contributed by atoms with van der Waals surface area (Å²) in [6, 6.07) is 0. The van der Waals surface area contributed by atoms with Crippen LogP contribution in [0.15, 0.2) is 17.2 Å². The number of hydrogen-bond acceptors (Lipinski definition) is 7. The zero-order valence-electron chi connectivity index (χ0n) is 11.2. The van der Waals surface area contributed by atoms with Crippen molar-refractivity contribution < 1.29 is 20.1 Å². The summed E-state index contributed by atoms with van der Waals surface area (Å²) in [5.74, 6) is 0.236. The first-order valence-corrected chi connectivity index (χ1v) is 6.67. The van der Waals surface area contributed by atoms with Gasteiger partial charge in [0.2, 0.25) is 0 Å². The summed E-state index contributed by atoms with van der Waals surface area (Å²) in [7, 11) is 0. The van der Waals surface area contributed by atoms with Gasteiger partial charge in [0.1, 0.15) is 35.8 Å². The Labute approximate surface area is 122 Å². The molecule has 0 aliphatic carbocycles. The lowest BCUT2D eigenvalue weighted by Gasteiger charge is -2.34. The van der Waals surface area contributed by atoms with E-state index in [1.54, 1.807) is 0 Å². The van der Waals surface area contributed by atoms with Gasteiger partial charge in [0.05, 0.1) is 6.61 Å². The second-order valence-corrected chi connectivity index (χ2v) is 5.20. The van der Waals surface area contributed by atoms with E-state index in [0.29, 0.717) is 11.2 Å². The summed E-state index contributed by atoms with van der Waals surface area (Å²) < 4.78 is 6.66. The Morgan fingerprint density at radius 2 is 2.09 bits per heavy atom. The maximum atomic E-state index is 11.9. The fourth-order valence-corrected chi connectivity index (χ4v) is 2.64. The highest BCUT2D eigenvalue weighted by Gasteiger charge is 2.40. The fraction of sp³-hybridized carbons (Fsp3) is 0.417. The van der Waals surface area contributed by atoms with Gasteiger partial charge in [0, 0.05) is 12.4 Å². The number of rotatable bonds is 1. The van der Waals surface area contributed by atoms with E-state index in [2.05, 4.69) is 19.9 Å². The van der Waals surface area contributed by atoms with E-state index in [0.717, 1.165) is 0 Å². The Kier molecular flexibility index (Phi) is 2.81. The average Bonchev–Trinajstić information content (AvgIpc) is 3.11. The predicted octanol–water partition coefficient (Wildman–Crippen LogP) is -1.95. The summed E-state index contributed by atoms with van der Waals surface area (Å²) >= 11 is 0. The Morgan fingerprint density at radius 1 is 1.27 bits per heavy atom. The molecule has 1 aliphatic rings. The van der Waals surface area contributed by atoms with Crippen LogP contribution < -0.4 is 5.69 Å². The number of aliphatic hydroxyl groups is 3. The highest BCUT2D eigenvalue weighted by molar-refractivity contribution is 5.85. The highest BCUT2D eigenvalue weighted by atomic mass is 16.5. The normalized spacial score (nSPS) is 29.4. The summed E-state index contributed by atoms with van der Waals surface area (Å²) in [6.07, 6.45) is -1.78. The molecule has 4 rings (SSSR count). The molecule has 0 amide bonds. The lowest BCUT2D eigenvalue weighted by atomic mass is 10.00. The first kappa shape index (κ1) is 13.4. The van der Waals surface area contributed by atoms with Crippen molar-refractivity contribution in [3.05, 3.63) is 28.7 Å². The number of fused-ring (bicyclic) bond motifs is 3. The second kappa shape index (κ2) is 4.61. The molecular weight excluding hydrogens is 294 g/mol. The largest absolute Gasteiger partial charge is 0.388 e. The smallest absolute Gasteiger partial charge is 0.332 e. The van der Waals surface area contributed by atoms with E-state index in [-0.39, 0.29) is 18.1 Å². The molecule has 4 heterocycles. The predicted molar refractivity (Wildman–Crippen MR) is 72.2 cm³/mol. The van der Waals surface area contributed by atoms with Crippen molar-refractivity contribution in [1.29, 1.82) is 0 Å². The van der Waals surface area contributed by atoms with Crippen molar-refractivity contribution in [2.24, 2.45) is 0 Å². The molecule has 1 fully saturated rings. The lowest BCUT2D eigenvalue weighted by molar-refractivity contribution is -0.191. The molecule has 1 saturated heterocycles. The number of nitrogens with zero attached hydrogens (tertiary/aromatic N) is 3. The van der Waals surface area contributed by atoms with Crippen molar-refractivity contribution in [1.82, 2.24) is 24.3 Å². The molecule has 0 radical (unpaired) electrons. The van der Waals surface area contributed by atoms with Gasteiger partial charge in [-0.25, -0.2) is 19.2 Å². The topological polar surface area (TPSA) is 149 Å². The molecule has 1 aliphatic heterocycles. The van der Waals surface area contributed by atoms with Crippen LogP contribution in [0.25, 0.3) is 16.8 Å². The van der Waals surface area contributed by atoms with Crippen molar-refractivity contribution in [3.8, 4) is 0 Å². The maximum Gasteiger partial charge on any atom is 0.332 e. The molecule has 0 spiro atoms. The summed E-state index contributed by atoms with van der Waals surface area (Å²) in [4.78, 5) is 25.7. The molecule has 0 saturated carbocycles. The summed E-state index contributed by atoms with van der Waals surface area (Å²) in [5, 5.41) is 29.2. The van der Waals surface area contributed by atoms with Crippen LogP contribution in [0.3, 0.4) is 0 Å². The van der Waals surface area contributed by atoms with Crippen LogP contribution in [0.2, 0.25) is 0 Å². The van der Waals surface area contributed by atoms with E-state index in [1.807, 2.05) is 0 Å². The van der Waals surface area contributed by atoms with E-state index < -0.39 is 30.1 Å². The Morgan fingerprint density at radius 3 is 2.91 bits per heavy atom. The van der Waals surface area contributed by atoms with Crippen molar-refractivity contribution in [2.45, 2.75) is 24.4 Å². The number of nitrogens with one attached hydrogen (secondary N) is 2. The number of aliphatic hydroxyl groups excluding tert-OH is 3. The van der Waals surface area contributed by atoms with Crippen LogP contribution in [-0.2, 0) is 4.74 Å². The SMILES string of the molecule is O=c1[nH]c2nc(C3OC[C@@H](O)[C@@H](O)[C@@H]3O)[nH]c2c2nccn12. The van der Waals surface area contributed by atoms with Gasteiger partial charge >= 0.3 is 5.69 Å². The van der Waals surface area contributed by atoms with Crippen molar-refractivity contribution in [3.63, 3.8) is 0 Å². The first-order valence-electron chi connectivity index (χ1n) is 6.67. The average molecular weight is 307 g/mol. The van der Waals surface area contributed by atoms with E-state index in [4.69, 9.17) is 4.74 Å². The quantitative estimate of drug-likeness (QED) is 0.351. The molecule has 10 heteroatoms. The van der Waals surface area contributed by atoms with E-state index in [1.165, 1.54) is 16.8 Å². The van der Waals surface area contributed by atoms with Gasteiger partial charge in [-0.05, 0) is 0 Å². The molecule has 0 bridgehead atoms. The molecular formula is C12H13N5O5. The van der Waals surface area contributed by atoms with Crippen molar-refractivity contribution >= 4 is 16.8 Å². The van der Waals surface area contributed by atoms with Crippen molar-refractivity contribution in [2.75, 3.05) is 6.61 Å². The first-order chi connectivity index (χ1) is 10.6. The second-order valence-electron chi connectivity index (χ2n) is 5.20. The third-order valence-electron chi connectivity index (χ3n) is 3.80. The molecule has 5 N–H and O–H groups in total. The minimum absolute atomic E-state index is 0.130. The van der Waals surface area contributed by atoms with Gasteiger partial charge in [-0.2, -0.15) is 0 Å². The van der Waals surface area contributed by atoms with Crippen LogP contribution in [0.4, 0.5) is 0 Å². The fourth-order valence-electron chi connectivity index (χ4n) is 2.64. The Bertz CT molecular complexity index is 898. The summed E-state index contributed by atoms with van der Waals surface area (Å²) in [6.45, 7) is -0.130. The van der Waals surface area contributed by atoms with Crippen LogP contribution in [0, 0.1) is 0 Å².